The molecule has 2 aliphatic heterocycles. The van der Waals surface area contributed by atoms with E-state index in [1.54, 1.807) is 6.92 Å². The number of aryl methyl sites for hydroxylation is 1. The van der Waals surface area contributed by atoms with Crippen molar-refractivity contribution in [3.8, 4) is 5.75 Å². The quantitative estimate of drug-likeness (QED) is 0.301. The van der Waals surface area contributed by atoms with E-state index in [1.165, 1.54) is 4.68 Å². The second kappa shape index (κ2) is 16.1. The van der Waals surface area contributed by atoms with Crippen LogP contribution in [-0.2, 0) is 38.6 Å². The van der Waals surface area contributed by atoms with Crippen LogP contribution in [0, 0.1) is 24.7 Å². The van der Waals surface area contributed by atoms with Gasteiger partial charge in [0.05, 0.1) is 12.1 Å². The number of fused-ring (bicyclic) bond motifs is 14. The highest BCUT2D eigenvalue weighted by atomic mass is 16.5. The predicted molar refractivity (Wildman–Crippen MR) is 184 cm³/mol. The van der Waals surface area contributed by atoms with Gasteiger partial charge in [0.25, 0.3) is 0 Å². The van der Waals surface area contributed by atoms with Crippen molar-refractivity contribution in [2.24, 2.45) is 17.8 Å². The molecule has 12 nitrogen and oxygen atoms in total. The summed E-state index contributed by atoms with van der Waals surface area (Å²) >= 11 is 0. The molecule has 1 aromatic heterocycles. The van der Waals surface area contributed by atoms with Crippen molar-refractivity contribution in [1.29, 1.82) is 0 Å². The maximum atomic E-state index is 14.2. The van der Waals surface area contributed by atoms with Crippen LogP contribution in [0.25, 0.3) is 0 Å². The van der Waals surface area contributed by atoms with E-state index in [9.17, 15) is 19.2 Å². The molecule has 1 saturated carbocycles. The molecule has 0 radical (unpaired) electrons. The minimum atomic E-state index is -0.963. The molecular weight excluding hydrogens is 622 g/mol. The lowest BCUT2D eigenvalue weighted by Crippen LogP contribution is -2.56. The summed E-state index contributed by atoms with van der Waals surface area (Å²) in [5.41, 5.74) is 1.68. The normalized spacial score (nSPS) is 22.5. The molecule has 3 aromatic rings. The number of hydrogen-bond acceptors (Lipinski definition) is 7. The molecular formula is C37H49N7O5. The van der Waals surface area contributed by atoms with Gasteiger partial charge in [0.2, 0.25) is 23.6 Å². The summed E-state index contributed by atoms with van der Waals surface area (Å²) in [5.74, 6) is 0.355. The Kier molecular flexibility index (Phi) is 11.7. The number of benzene rings is 2. The summed E-state index contributed by atoms with van der Waals surface area (Å²) in [6.45, 7) is 10.0. The highest BCUT2D eigenvalue weighted by Crippen LogP contribution is 2.29. The van der Waals surface area contributed by atoms with Gasteiger partial charge in [-0.05, 0) is 61.3 Å². The molecule has 3 heterocycles. The van der Waals surface area contributed by atoms with Gasteiger partial charge in [-0.1, -0.05) is 70.2 Å². The maximum Gasteiger partial charge on any atom is 0.243 e. The average molecular weight is 672 g/mol. The van der Waals surface area contributed by atoms with E-state index in [2.05, 4.69) is 45.2 Å². The maximum absolute atomic E-state index is 14.2. The molecule has 262 valence electrons. The fourth-order valence-electron chi connectivity index (χ4n) is 6.08. The Bertz CT molecular complexity index is 1600. The first kappa shape index (κ1) is 35.6. The van der Waals surface area contributed by atoms with E-state index in [0.717, 1.165) is 24.0 Å². The molecule has 4 amide bonds. The Hall–Kier alpha value is -4.74. The topological polar surface area (TPSA) is 156 Å². The zero-order chi connectivity index (χ0) is 35.1. The van der Waals surface area contributed by atoms with Crippen LogP contribution >= 0.6 is 0 Å². The molecule has 49 heavy (non-hydrogen) atoms. The van der Waals surface area contributed by atoms with E-state index in [4.69, 9.17) is 4.74 Å². The van der Waals surface area contributed by atoms with Crippen LogP contribution in [0.5, 0.6) is 5.75 Å². The lowest BCUT2D eigenvalue weighted by molar-refractivity contribution is -0.132. The summed E-state index contributed by atoms with van der Waals surface area (Å²) in [6, 6.07) is 14.1. The van der Waals surface area contributed by atoms with Crippen molar-refractivity contribution in [2.75, 3.05) is 6.61 Å². The molecule has 4 N–H and O–H groups in total. The highest BCUT2D eigenvalue weighted by molar-refractivity contribution is 5.93. The lowest BCUT2D eigenvalue weighted by atomic mass is 10.00. The van der Waals surface area contributed by atoms with Crippen molar-refractivity contribution in [3.05, 3.63) is 77.4 Å². The molecule has 0 saturated heterocycles. The minimum Gasteiger partial charge on any atom is -0.491 e. The van der Waals surface area contributed by atoms with Crippen LogP contribution in [0.2, 0.25) is 0 Å². The Morgan fingerprint density at radius 3 is 2.33 bits per heavy atom. The minimum absolute atomic E-state index is 0.0922. The number of amides is 4. The van der Waals surface area contributed by atoms with Gasteiger partial charge in [-0.2, -0.15) is 5.10 Å². The number of carbonyl (C=O) groups is 4. The van der Waals surface area contributed by atoms with Gasteiger partial charge in [-0.15, -0.1) is 0 Å². The number of aromatic nitrogens is 3. The van der Waals surface area contributed by atoms with Crippen molar-refractivity contribution >= 4 is 23.6 Å². The van der Waals surface area contributed by atoms with E-state index in [-0.39, 0.29) is 55.7 Å². The van der Waals surface area contributed by atoms with Crippen LogP contribution in [0.3, 0.4) is 0 Å². The fraction of sp³-hybridized carbons (Fsp3) is 0.514. The third kappa shape index (κ3) is 10.1. The van der Waals surface area contributed by atoms with Gasteiger partial charge in [0.15, 0.2) is 5.82 Å². The molecule has 1 aliphatic carbocycles. The second-order valence-electron chi connectivity index (χ2n) is 14.0. The third-order valence-corrected chi connectivity index (χ3v) is 8.77. The van der Waals surface area contributed by atoms with E-state index in [0.29, 0.717) is 29.7 Å². The Morgan fingerprint density at radius 1 is 0.959 bits per heavy atom. The van der Waals surface area contributed by atoms with Crippen LogP contribution in [-0.4, -0.2) is 63.1 Å². The molecule has 3 aliphatic rings. The van der Waals surface area contributed by atoms with Crippen molar-refractivity contribution in [2.45, 2.75) is 97.4 Å². The Morgan fingerprint density at radius 2 is 1.67 bits per heavy atom. The van der Waals surface area contributed by atoms with Crippen LogP contribution < -0.4 is 26.0 Å². The number of carbonyl (C=O) groups excluding carboxylic acids is 4. The summed E-state index contributed by atoms with van der Waals surface area (Å²) in [6.07, 6.45) is 2.75. The molecule has 2 bridgehead atoms. The zero-order valence-corrected chi connectivity index (χ0v) is 29.1. The third-order valence-electron chi connectivity index (χ3n) is 8.77. The van der Waals surface area contributed by atoms with Gasteiger partial charge in [0.1, 0.15) is 36.8 Å². The standard InChI is InChI=1S/C37H49N7O5/c1-22(2)17-28-21-49-29-15-11-26(12-16-29)19-30(40-35(46)27-13-14-27)36(47)41-31(18-25-9-7-6-8-10-25)37(48)42-33(23(3)4)34-38-24(5)43-44(34)20-32(45)39-28/h6-12,15-16,22-23,27-28,30-31,33H,13-14,17-21H2,1-5H3,(H,39,45)(H,40,46)(H,41,47)(H,42,48)/t28-,30-,31-,33-/m0/s1. The van der Waals surface area contributed by atoms with Crippen molar-refractivity contribution in [1.82, 2.24) is 36.0 Å². The SMILES string of the molecule is Cc1nc2n(n1)CC(=O)N[C@@H](CC(C)C)COc1ccc(cc1)C[C@H](NC(=O)C1CC1)C(=O)N[C@@H](Cc1ccccc1)C(=O)N[C@H]2C(C)C. The molecule has 2 aromatic carbocycles. The largest absolute Gasteiger partial charge is 0.491 e. The molecule has 0 spiro atoms. The van der Waals surface area contributed by atoms with Gasteiger partial charge in [-0.3, -0.25) is 19.2 Å². The smallest absolute Gasteiger partial charge is 0.243 e. The predicted octanol–water partition coefficient (Wildman–Crippen LogP) is 3.19. The van der Waals surface area contributed by atoms with E-state index in [1.807, 2.05) is 68.4 Å². The summed E-state index contributed by atoms with van der Waals surface area (Å²) < 4.78 is 7.65. The molecule has 4 atom stereocenters. The fourth-order valence-corrected chi connectivity index (χ4v) is 6.08. The Balaban J connectivity index is 1.51. The number of ether oxygens (including phenoxy) is 1. The number of nitrogens with one attached hydrogen (secondary N) is 4. The van der Waals surface area contributed by atoms with Crippen molar-refractivity contribution in [3.63, 3.8) is 0 Å². The molecule has 12 heteroatoms. The Labute approximate surface area is 288 Å². The van der Waals surface area contributed by atoms with Crippen LogP contribution in [0.4, 0.5) is 0 Å². The second-order valence-corrected chi connectivity index (χ2v) is 14.0. The molecule has 6 rings (SSSR count). The highest BCUT2D eigenvalue weighted by Gasteiger charge is 2.35. The first-order valence-electron chi connectivity index (χ1n) is 17.3. The first-order chi connectivity index (χ1) is 23.4. The van der Waals surface area contributed by atoms with Gasteiger partial charge >= 0.3 is 0 Å². The summed E-state index contributed by atoms with van der Waals surface area (Å²) in [7, 11) is 0. The average Bonchev–Trinajstić information content (AvgIpc) is 3.85. The number of hydrogen-bond donors (Lipinski definition) is 4. The van der Waals surface area contributed by atoms with Gasteiger partial charge in [0, 0.05) is 18.8 Å². The van der Waals surface area contributed by atoms with E-state index >= 15 is 0 Å². The van der Waals surface area contributed by atoms with Crippen LogP contribution in [0.15, 0.2) is 54.6 Å². The monoisotopic (exact) mass is 671 g/mol. The van der Waals surface area contributed by atoms with E-state index < -0.39 is 29.9 Å². The summed E-state index contributed by atoms with van der Waals surface area (Å²) in [5, 5.41) is 16.6. The lowest BCUT2D eigenvalue weighted by Gasteiger charge is -2.27. The van der Waals surface area contributed by atoms with Gasteiger partial charge in [-0.25, -0.2) is 9.67 Å². The van der Waals surface area contributed by atoms with Crippen LogP contribution in [0.1, 0.15) is 75.8 Å². The first-order valence-corrected chi connectivity index (χ1v) is 17.3. The number of rotatable bonds is 7. The van der Waals surface area contributed by atoms with Gasteiger partial charge < -0.3 is 26.0 Å². The molecule has 0 unspecified atom stereocenters. The zero-order valence-electron chi connectivity index (χ0n) is 29.1. The summed E-state index contributed by atoms with van der Waals surface area (Å²) in [4.78, 5) is 59.1. The number of nitrogens with zero attached hydrogens (tertiary/aromatic N) is 3. The van der Waals surface area contributed by atoms with Crippen molar-refractivity contribution < 1.29 is 23.9 Å². The molecule has 1 fully saturated rings.